The normalized spacial score (nSPS) is 23.2. The molecule has 102 valence electrons. The van der Waals surface area contributed by atoms with Crippen molar-refractivity contribution in [1.82, 2.24) is 15.1 Å². The lowest BCUT2D eigenvalue weighted by Gasteiger charge is -2.40. The van der Waals surface area contributed by atoms with Crippen LogP contribution in [-0.4, -0.2) is 28.0 Å². The predicted octanol–water partition coefficient (Wildman–Crippen LogP) is 2.25. The van der Waals surface area contributed by atoms with Crippen molar-refractivity contribution in [3.63, 3.8) is 0 Å². The highest BCUT2D eigenvalue weighted by Crippen LogP contribution is 2.31. The van der Waals surface area contributed by atoms with Gasteiger partial charge in [-0.1, -0.05) is 13.8 Å². The van der Waals surface area contributed by atoms with Gasteiger partial charge in [0.15, 0.2) is 0 Å². The number of rotatable bonds is 5. The summed E-state index contributed by atoms with van der Waals surface area (Å²) in [6.45, 7) is 6.23. The molecule has 2 rings (SSSR count). The van der Waals surface area contributed by atoms with Crippen LogP contribution in [0.15, 0.2) is 12.3 Å². The topological polar surface area (TPSA) is 39.1 Å². The zero-order valence-corrected chi connectivity index (χ0v) is 11.8. The van der Waals surface area contributed by atoms with Crippen LogP contribution in [0.1, 0.15) is 45.2 Å². The number of nitrogens with zero attached hydrogens (tertiary/aromatic N) is 2. The molecule has 1 atom stereocenters. The third-order valence-corrected chi connectivity index (χ3v) is 4.28. The summed E-state index contributed by atoms with van der Waals surface area (Å²) in [6, 6.07) is 2.63. The van der Waals surface area contributed by atoms with E-state index in [4.69, 9.17) is 4.74 Å². The Morgan fingerprint density at radius 1 is 1.50 bits per heavy atom. The number of ether oxygens (including phenoxy) is 1. The average molecular weight is 251 g/mol. The van der Waals surface area contributed by atoms with Gasteiger partial charge in [-0.15, -0.1) is 0 Å². The van der Waals surface area contributed by atoms with Crippen LogP contribution in [-0.2, 0) is 18.3 Å². The van der Waals surface area contributed by atoms with Gasteiger partial charge >= 0.3 is 0 Å². The van der Waals surface area contributed by atoms with Crippen molar-refractivity contribution >= 4 is 0 Å². The van der Waals surface area contributed by atoms with Crippen LogP contribution in [0.5, 0.6) is 0 Å². The molecule has 2 heterocycles. The molecule has 1 aromatic rings. The van der Waals surface area contributed by atoms with E-state index in [1.165, 1.54) is 5.69 Å². The fraction of sp³-hybridized carbons (Fsp3) is 0.786. The summed E-state index contributed by atoms with van der Waals surface area (Å²) >= 11 is 0. The number of hydrogen-bond donors (Lipinski definition) is 1. The summed E-state index contributed by atoms with van der Waals surface area (Å²) in [5.74, 6) is 0. The minimum atomic E-state index is 0.0996. The summed E-state index contributed by atoms with van der Waals surface area (Å²) in [5.41, 5.74) is 1.34. The maximum absolute atomic E-state index is 6.00. The molecule has 1 unspecified atom stereocenters. The van der Waals surface area contributed by atoms with Gasteiger partial charge in [0.25, 0.3) is 0 Å². The lowest BCUT2D eigenvalue weighted by Crippen LogP contribution is -2.46. The molecular weight excluding hydrogens is 226 g/mol. The van der Waals surface area contributed by atoms with Gasteiger partial charge in [-0.2, -0.15) is 5.10 Å². The van der Waals surface area contributed by atoms with Crippen LogP contribution in [0.3, 0.4) is 0 Å². The molecule has 1 aliphatic heterocycles. The Morgan fingerprint density at radius 3 is 2.89 bits per heavy atom. The van der Waals surface area contributed by atoms with Gasteiger partial charge in [0.05, 0.1) is 11.3 Å². The van der Waals surface area contributed by atoms with Gasteiger partial charge in [-0.25, -0.2) is 0 Å². The summed E-state index contributed by atoms with van der Waals surface area (Å²) < 4.78 is 7.93. The smallest absolute Gasteiger partial charge is 0.0692 e. The van der Waals surface area contributed by atoms with E-state index in [2.05, 4.69) is 30.3 Å². The highest BCUT2D eigenvalue weighted by Gasteiger charge is 2.34. The van der Waals surface area contributed by atoms with Gasteiger partial charge in [0.1, 0.15) is 0 Å². The van der Waals surface area contributed by atoms with Crippen LogP contribution in [0, 0.1) is 0 Å². The molecule has 0 saturated carbocycles. The van der Waals surface area contributed by atoms with Crippen molar-refractivity contribution in [3.8, 4) is 0 Å². The number of aryl methyl sites for hydroxylation is 1. The zero-order chi connectivity index (χ0) is 13.0. The number of nitrogens with one attached hydrogen (secondary N) is 1. The van der Waals surface area contributed by atoms with Gasteiger partial charge in [0.2, 0.25) is 0 Å². The number of hydrogen-bond acceptors (Lipinski definition) is 3. The van der Waals surface area contributed by atoms with Gasteiger partial charge < -0.3 is 10.1 Å². The minimum absolute atomic E-state index is 0.0996. The monoisotopic (exact) mass is 251 g/mol. The van der Waals surface area contributed by atoms with E-state index in [-0.39, 0.29) is 5.60 Å². The molecule has 0 aliphatic carbocycles. The average Bonchev–Trinajstić information content (AvgIpc) is 2.82. The van der Waals surface area contributed by atoms with E-state index in [1.54, 1.807) is 0 Å². The van der Waals surface area contributed by atoms with E-state index >= 15 is 0 Å². The summed E-state index contributed by atoms with van der Waals surface area (Å²) in [5, 5.41) is 7.84. The Balaban J connectivity index is 1.88. The first-order valence-corrected chi connectivity index (χ1v) is 7.03. The second-order valence-electron chi connectivity index (χ2n) is 5.26. The zero-order valence-electron chi connectivity index (χ0n) is 11.8. The molecule has 1 aromatic heterocycles. The highest BCUT2D eigenvalue weighted by molar-refractivity contribution is 5.00. The van der Waals surface area contributed by atoms with Gasteiger partial charge in [-0.05, 0) is 31.7 Å². The molecule has 1 fully saturated rings. The minimum Gasteiger partial charge on any atom is -0.375 e. The summed E-state index contributed by atoms with van der Waals surface area (Å²) in [4.78, 5) is 0. The van der Waals surface area contributed by atoms with Crippen LogP contribution in [0.2, 0.25) is 0 Å². The lowest BCUT2D eigenvalue weighted by molar-refractivity contribution is -0.0932. The van der Waals surface area contributed by atoms with Crippen molar-refractivity contribution in [2.45, 2.75) is 57.7 Å². The largest absolute Gasteiger partial charge is 0.375 e. The molecule has 0 amide bonds. The molecule has 0 aromatic carbocycles. The Kier molecular flexibility index (Phi) is 4.40. The molecule has 18 heavy (non-hydrogen) atoms. The van der Waals surface area contributed by atoms with E-state index < -0.39 is 0 Å². The SMILES string of the molecule is CCC1(CC)CC(NCc2ccnn2C)CCO1. The van der Waals surface area contributed by atoms with Crippen molar-refractivity contribution in [1.29, 1.82) is 0 Å². The van der Waals surface area contributed by atoms with Crippen molar-refractivity contribution < 1.29 is 4.74 Å². The van der Waals surface area contributed by atoms with E-state index in [0.717, 1.165) is 38.8 Å². The quantitative estimate of drug-likeness (QED) is 0.872. The maximum Gasteiger partial charge on any atom is 0.0692 e. The Bertz CT molecular complexity index is 371. The Labute approximate surface area is 110 Å². The molecule has 0 radical (unpaired) electrons. The van der Waals surface area contributed by atoms with Crippen LogP contribution in [0.4, 0.5) is 0 Å². The fourth-order valence-electron chi connectivity index (χ4n) is 2.77. The third-order valence-electron chi connectivity index (χ3n) is 4.28. The standard InChI is InChI=1S/C14H25N3O/c1-4-14(5-2)10-12(7-9-18-14)15-11-13-6-8-16-17(13)3/h6,8,12,15H,4-5,7,9-11H2,1-3H3. The molecule has 4 nitrogen and oxygen atoms in total. The molecule has 1 saturated heterocycles. The van der Waals surface area contributed by atoms with Crippen molar-refractivity contribution in [2.75, 3.05) is 6.61 Å². The van der Waals surface area contributed by atoms with Crippen LogP contribution in [0.25, 0.3) is 0 Å². The first-order chi connectivity index (χ1) is 8.69. The molecule has 1 N–H and O–H groups in total. The van der Waals surface area contributed by atoms with Crippen molar-refractivity contribution in [2.24, 2.45) is 7.05 Å². The van der Waals surface area contributed by atoms with E-state index in [9.17, 15) is 0 Å². The van der Waals surface area contributed by atoms with Gasteiger partial charge in [0, 0.05) is 32.4 Å². The lowest BCUT2D eigenvalue weighted by atomic mass is 9.86. The molecule has 0 spiro atoms. The first kappa shape index (κ1) is 13.6. The highest BCUT2D eigenvalue weighted by atomic mass is 16.5. The second-order valence-corrected chi connectivity index (χ2v) is 5.26. The molecular formula is C14H25N3O. The summed E-state index contributed by atoms with van der Waals surface area (Å²) in [6.07, 6.45) is 6.29. The molecule has 0 bridgehead atoms. The van der Waals surface area contributed by atoms with E-state index in [1.807, 2.05) is 17.9 Å². The third kappa shape index (κ3) is 2.93. The first-order valence-electron chi connectivity index (χ1n) is 7.03. The Hall–Kier alpha value is -0.870. The summed E-state index contributed by atoms with van der Waals surface area (Å²) in [7, 11) is 1.99. The predicted molar refractivity (Wildman–Crippen MR) is 72.3 cm³/mol. The maximum atomic E-state index is 6.00. The van der Waals surface area contributed by atoms with Crippen LogP contribution < -0.4 is 5.32 Å². The molecule has 4 heteroatoms. The van der Waals surface area contributed by atoms with Crippen molar-refractivity contribution in [3.05, 3.63) is 18.0 Å². The van der Waals surface area contributed by atoms with Crippen LogP contribution >= 0.6 is 0 Å². The number of aromatic nitrogens is 2. The van der Waals surface area contributed by atoms with E-state index in [0.29, 0.717) is 6.04 Å². The van der Waals surface area contributed by atoms with Gasteiger partial charge in [-0.3, -0.25) is 4.68 Å². The Morgan fingerprint density at radius 2 is 2.28 bits per heavy atom. The fourth-order valence-corrected chi connectivity index (χ4v) is 2.77. The second kappa shape index (κ2) is 5.85. The molecule has 1 aliphatic rings.